The number of aryl methyl sites for hydroxylation is 4. The summed E-state index contributed by atoms with van der Waals surface area (Å²) in [5.74, 6) is -0.0634. The van der Waals surface area contributed by atoms with E-state index < -0.39 is 23.3 Å². The van der Waals surface area contributed by atoms with Gasteiger partial charge in [0.05, 0.1) is 0 Å². The molecular formula is C73H109NO11. The zero-order valence-electron chi connectivity index (χ0n) is 56.8. The molecule has 4 aromatic carbocycles. The van der Waals surface area contributed by atoms with Gasteiger partial charge in [0.1, 0.15) is 54.7 Å². The molecule has 1 heterocycles. The van der Waals surface area contributed by atoms with Gasteiger partial charge in [-0.15, -0.1) is 0 Å². The second-order valence-electron chi connectivity index (χ2n) is 31.7. The van der Waals surface area contributed by atoms with Crippen molar-refractivity contribution in [2.75, 3.05) is 32.2 Å². The fourth-order valence-corrected chi connectivity index (χ4v) is 10.7. The number of phenolic OH excluding ortho intramolecular Hbond substituents is 2. The molecule has 0 unspecified atom stereocenters. The Morgan fingerprint density at radius 1 is 0.459 bits per heavy atom. The summed E-state index contributed by atoms with van der Waals surface area (Å²) < 4.78 is 28.9. The number of fused-ring (bicyclic) bond motifs is 1. The zero-order valence-corrected chi connectivity index (χ0v) is 56.8. The van der Waals surface area contributed by atoms with Crippen molar-refractivity contribution >= 4 is 30.1 Å². The van der Waals surface area contributed by atoms with E-state index in [-0.39, 0.29) is 107 Å². The number of benzene rings is 4. The van der Waals surface area contributed by atoms with Gasteiger partial charge >= 0.3 is 17.9 Å². The number of nitrogens with two attached hydrogens (primary N) is 1. The van der Waals surface area contributed by atoms with Crippen molar-refractivity contribution in [3.8, 4) is 17.2 Å². The molecule has 4 N–H and O–H groups in total. The maximum atomic E-state index is 13.6. The van der Waals surface area contributed by atoms with E-state index in [1.165, 1.54) is 23.1 Å². The highest BCUT2D eigenvalue weighted by molar-refractivity contribution is 5.72. The topological polar surface area (TPSA) is 181 Å². The fraction of sp³-hybridized carbons (Fsp3) is 0.616. The molecule has 0 fully saturated rings. The third kappa shape index (κ3) is 19.5. The van der Waals surface area contributed by atoms with Crippen LogP contribution in [0.2, 0.25) is 0 Å². The number of hydrogen-bond acceptors (Lipinski definition) is 12. The molecule has 12 heteroatoms. The lowest BCUT2D eigenvalue weighted by Crippen LogP contribution is -2.43. The predicted octanol–water partition coefficient (Wildman–Crippen LogP) is 16.0. The number of carbonyl (C=O) groups excluding carboxylic acids is 4. The number of phenols is 2. The lowest BCUT2D eigenvalue weighted by Gasteiger charge is -2.42. The lowest BCUT2D eigenvalue weighted by molar-refractivity contribution is -0.167. The number of ether oxygens (including phenoxy) is 5. The SMILES string of the molecule is CC(C)(C)c1cc(CCC(=O)OCC(COC=O)(COC(=O)CCc2cc(C(C)(C)C)c(O)c(C(C)(C)C)c2)COC(=O)CCc2cc(C(C)(C)C)c(O)c(C(C)(C)C)c2)cc(C(C)(C)C)c1N.CCCc1cc(C(C)(C)C)c2c(c1)C(C)(C)O2. The Morgan fingerprint density at radius 2 is 0.741 bits per heavy atom. The van der Waals surface area contributed by atoms with Crippen molar-refractivity contribution in [2.24, 2.45) is 5.41 Å². The molecule has 0 amide bonds. The monoisotopic (exact) mass is 1180 g/mol. The molecule has 0 saturated carbocycles. The number of rotatable bonds is 20. The molecule has 5 rings (SSSR count). The Bertz CT molecular complexity index is 2650. The van der Waals surface area contributed by atoms with Crippen LogP contribution in [0.3, 0.4) is 0 Å². The summed E-state index contributed by atoms with van der Waals surface area (Å²) in [6.07, 6.45) is 3.34. The highest BCUT2D eigenvalue weighted by Gasteiger charge is 2.41. The third-order valence-corrected chi connectivity index (χ3v) is 15.9. The molecule has 0 aromatic heterocycles. The molecule has 472 valence electrons. The molecule has 0 saturated heterocycles. The highest BCUT2D eigenvalue weighted by Crippen LogP contribution is 2.50. The Labute approximate surface area is 512 Å². The van der Waals surface area contributed by atoms with Crippen molar-refractivity contribution in [2.45, 2.75) is 261 Å². The van der Waals surface area contributed by atoms with E-state index in [2.05, 4.69) is 95.2 Å². The van der Waals surface area contributed by atoms with Gasteiger partial charge in [-0.05, 0) is 139 Å². The van der Waals surface area contributed by atoms with Gasteiger partial charge in [0, 0.05) is 36.1 Å². The Hall–Kier alpha value is -6.04. The molecule has 0 radical (unpaired) electrons. The van der Waals surface area contributed by atoms with Crippen LogP contribution in [0.5, 0.6) is 17.2 Å². The first kappa shape index (κ1) is 71.4. The standard InChI is InChI=1S/C57H85NO10.C16H24O/c1-51(2,3)39-25-36(26-40(48(39)58)52(4,5)6)19-22-45(60)66-32-57(31-65-35-59,33-67-46(61)23-20-37-27-41(53(7,8)9)49(63)42(28-37)54(10,11)12)34-68-47(62)24-21-38-29-43(55(13,14)15)50(64)44(30-38)56(16,17)18;1-7-8-11-9-12(15(2,3)4)14-13(10-11)16(5,6)17-14/h25-30,35,63-64H,19-24,31-34,58H2,1-18H3;9-10H,7-8H2,1-6H3. The third-order valence-electron chi connectivity index (χ3n) is 15.9. The first-order valence-corrected chi connectivity index (χ1v) is 30.7. The first-order chi connectivity index (χ1) is 38.6. The van der Waals surface area contributed by atoms with Gasteiger partial charge in [0.2, 0.25) is 0 Å². The van der Waals surface area contributed by atoms with Crippen LogP contribution in [-0.2, 0) is 107 Å². The molecule has 0 aliphatic carbocycles. The van der Waals surface area contributed by atoms with Crippen LogP contribution in [0.4, 0.5) is 5.69 Å². The normalized spacial score (nSPS) is 13.8. The van der Waals surface area contributed by atoms with Gasteiger partial charge < -0.3 is 39.6 Å². The minimum Gasteiger partial charge on any atom is -0.507 e. The summed E-state index contributed by atoms with van der Waals surface area (Å²) in [5.41, 5.74) is 16.0. The minimum atomic E-state index is -1.45. The number of anilines is 1. The van der Waals surface area contributed by atoms with Crippen molar-refractivity contribution in [3.63, 3.8) is 0 Å². The molecule has 4 aromatic rings. The maximum Gasteiger partial charge on any atom is 0.306 e. The van der Waals surface area contributed by atoms with Crippen molar-refractivity contribution in [1.29, 1.82) is 0 Å². The van der Waals surface area contributed by atoms with E-state index in [1.807, 2.05) is 119 Å². The van der Waals surface area contributed by atoms with Gasteiger partial charge in [-0.1, -0.05) is 201 Å². The summed E-state index contributed by atoms with van der Waals surface area (Å²) >= 11 is 0. The molecular weight excluding hydrogens is 1070 g/mol. The second-order valence-corrected chi connectivity index (χ2v) is 31.7. The van der Waals surface area contributed by atoms with Crippen molar-refractivity contribution in [1.82, 2.24) is 0 Å². The van der Waals surface area contributed by atoms with E-state index in [9.17, 15) is 29.4 Å². The summed E-state index contributed by atoms with van der Waals surface area (Å²) in [6.45, 7) is 48.9. The molecule has 0 spiro atoms. The molecule has 1 aliphatic heterocycles. The number of aromatic hydroxyl groups is 2. The quantitative estimate of drug-likeness (QED) is 0.0330. The Kier molecular flexibility index (Phi) is 22.6. The van der Waals surface area contributed by atoms with Gasteiger partial charge in [-0.2, -0.15) is 0 Å². The van der Waals surface area contributed by atoms with Crippen LogP contribution in [0.15, 0.2) is 48.5 Å². The van der Waals surface area contributed by atoms with Crippen LogP contribution in [0.25, 0.3) is 0 Å². The van der Waals surface area contributed by atoms with E-state index in [0.717, 1.165) is 67.9 Å². The van der Waals surface area contributed by atoms with Gasteiger partial charge in [0.25, 0.3) is 6.47 Å². The summed E-state index contributed by atoms with van der Waals surface area (Å²) in [4.78, 5) is 52.5. The average Bonchev–Trinajstić information content (AvgIpc) is 1.32. The van der Waals surface area contributed by atoms with E-state index >= 15 is 0 Å². The highest BCUT2D eigenvalue weighted by atomic mass is 16.6. The van der Waals surface area contributed by atoms with Crippen molar-refractivity contribution in [3.05, 3.63) is 115 Å². The fourth-order valence-electron chi connectivity index (χ4n) is 10.7. The Balaban J connectivity index is 0.000000771. The zero-order chi connectivity index (χ0) is 64.9. The van der Waals surface area contributed by atoms with Crippen LogP contribution < -0.4 is 10.5 Å². The lowest BCUT2D eigenvalue weighted by atomic mass is 9.77. The largest absolute Gasteiger partial charge is 0.507 e. The van der Waals surface area contributed by atoms with E-state index in [0.29, 0.717) is 19.3 Å². The van der Waals surface area contributed by atoms with Crippen molar-refractivity contribution < 1.29 is 53.1 Å². The van der Waals surface area contributed by atoms with Gasteiger partial charge in [-0.3, -0.25) is 19.2 Å². The molecule has 0 bridgehead atoms. The Morgan fingerprint density at radius 3 is 1.01 bits per heavy atom. The molecule has 85 heavy (non-hydrogen) atoms. The minimum absolute atomic E-state index is 0.0146. The van der Waals surface area contributed by atoms with E-state index in [1.54, 1.807) is 0 Å². The van der Waals surface area contributed by atoms with Crippen LogP contribution in [-0.4, -0.2) is 61.0 Å². The summed E-state index contributed by atoms with van der Waals surface area (Å²) in [7, 11) is 0. The summed E-state index contributed by atoms with van der Waals surface area (Å²) in [5, 5.41) is 22.5. The predicted molar refractivity (Wildman–Crippen MR) is 344 cm³/mol. The number of carbonyl (C=O) groups is 4. The smallest absolute Gasteiger partial charge is 0.306 e. The van der Waals surface area contributed by atoms with Crippen LogP contribution in [0, 0.1) is 5.41 Å². The number of nitrogen functional groups attached to an aromatic ring is 1. The second kappa shape index (κ2) is 26.9. The summed E-state index contributed by atoms with van der Waals surface area (Å²) in [6, 6.07) is 16.4. The maximum absolute atomic E-state index is 13.6. The molecule has 12 nitrogen and oxygen atoms in total. The molecule has 0 atom stereocenters. The average molecular weight is 1180 g/mol. The van der Waals surface area contributed by atoms with Crippen LogP contribution >= 0.6 is 0 Å². The van der Waals surface area contributed by atoms with Gasteiger partial charge in [0.15, 0.2) is 0 Å². The van der Waals surface area contributed by atoms with Gasteiger partial charge in [-0.25, -0.2) is 0 Å². The first-order valence-electron chi connectivity index (χ1n) is 30.7. The van der Waals surface area contributed by atoms with Crippen LogP contribution in [0.1, 0.15) is 259 Å². The van der Waals surface area contributed by atoms with E-state index in [4.69, 9.17) is 29.4 Å². The number of hydrogen-bond donors (Lipinski definition) is 3. The number of esters is 3. The molecule has 1 aliphatic rings.